The summed E-state index contributed by atoms with van der Waals surface area (Å²) >= 11 is 4.26. The topological polar surface area (TPSA) is 161 Å². The lowest BCUT2D eigenvalue weighted by Gasteiger charge is -2.39. The fourth-order valence-electron chi connectivity index (χ4n) is 2.36. The third kappa shape index (κ3) is 4.31. The van der Waals surface area contributed by atoms with E-state index in [2.05, 4.69) is 22.5 Å². The summed E-state index contributed by atoms with van der Waals surface area (Å²) in [5.41, 5.74) is 1.93. The van der Waals surface area contributed by atoms with E-state index in [9.17, 15) is 14.5 Å². The number of aliphatic hydroxyl groups is 1. The quantitative estimate of drug-likeness (QED) is 0.177. The second-order valence-corrected chi connectivity index (χ2v) is 6.81. The van der Waals surface area contributed by atoms with Crippen LogP contribution in [0.2, 0.25) is 0 Å². The van der Waals surface area contributed by atoms with Crippen molar-refractivity contribution in [1.29, 1.82) is 0 Å². The van der Waals surface area contributed by atoms with Crippen LogP contribution in [0.5, 0.6) is 0 Å². The largest absolute Gasteiger partial charge is 0.469 e. The van der Waals surface area contributed by atoms with Gasteiger partial charge < -0.3 is 30.2 Å². The second kappa shape index (κ2) is 6.99. The van der Waals surface area contributed by atoms with E-state index in [1.807, 2.05) is 5.48 Å². The van der Waals surface area contributed by atoms with Crippen LogP contribution in [0.3, 0.4) is 0 Å². The van der Waals surface area contributed by atoms with Crippen molar-refractivity contribution in [3.05, 3.63) is 0 Å². The first-order valence-corrected chi connectivity index (χ1v) is 8.46. The fourth-order valence-corrected chi connectivity index (χ4v) is 3.16. The minimum absolute atomic E-state index is 0.0525. The highest BCUT2D eigenvalue weighted by Gasteiger charge is 2.44. The minimum Gasteiger partial charge on any atom is -0.390 e. The van der Waals surface area contributed by atoms with Gasteiger partial charge >= 0.3 is 13.9 Å². The Bertz CT molecular complexity index is 464. The summed E-state index contributed by atoms with van der Waals surface area (Å²) < 4.78 is 20.4. The third-order valence-electron chi connectivity index (χ3n) is 3.38. The van der Waals surface area contributed by atoms with E-state index in [0.717, 1.165) is 0 Å². The molecule has 11 nitrogen and oxygen atoms in total. The lowest BCUT2D eigenvalue weighted by Crippen LogP contribution is -2.61. The Labute approximate surface area is 131 Å². The van der Waals surface area contributed by atoms with Crippen LogP contribution in [-0.4, -0.2) is 67.6 Å². The normalized spacial score (nSPS) is 36.5. The standard InChI is InChI=1S/C9H18N3O8PS/c13-4-1-7(20-5(4)3-19-21(16,17)18)12-8(22)2-6(11-15)10-9(12)14/h4-8,11,13,15,22H,1-3H2,(H,10,14)(H2,16,17,18)/t4-,5+,6?,7+,8-/m0/s1. The zero-order valence-electron chi connectivity index (χ0n) is 11.3. The van der Waals surface area contributed by atoms with Crippen molar-refractivity contribution >= 4 is 26.5 Å². The molecule has 5 atom stereocenters. The van der Waals surface area contributed by atoms with Gasteiger partial charge in [0.2, 0.25) is 0 Å². The maximum Gasteiger partial charge on any atom is 0.469 e. The number of carbonyl (C=O) groups excluding carboxylic acids is 1. The van der Waals surface area contributed by atoms with Gasteiger partial charge in [0.25, 0.3) is 0 Å². The molecular formula is C9H18N3O8PS. The smallest absolute Gasteiger partial charge is 0.390 e. The molecule has 0 saturated carbocycles. The van der Waals surface area contributed by atoms with Crippen LogP contribution < -0.4 is 10.8 Å². The summed E-state index contributed by atoms with van der Waals surface area (Å²) in [6.07, 6.45) is -3.14. The Balaban J connectivity index is 1.96. The number of amides is 2. The van der Waals surface area contributed by atoms with Gasteiger partial charge in [0.15, 0.2) is 0 Å². The van der Waals surface area contributed by atoms with Gasteiger partial charge in [-0.05, 0) is 0 Å². The van der Waals surface area contributed by atoms with E-state index in [1.54, 1.807) is 0 Å². The Hall–Kier alpha value is -0.430. The molecule has 2 amide bonds. The van der Waals surface area contributed by atoms with E-state index < -0.39 is 50.4 Å². The molecule has 2 fully saturated rings. The molecule has 2 saturated heterocycles. The highest BCUT2D eigenvalue weighted by Crippen LogP contribution is 2.37. The van der Waals surface area contributed by atoms with E-state index >= 15 is 0 Å². The predicted molar refractivity (Wildman–Crippen MR) is 73.8 cm³/mol. The van der Waals surface area contributed by atoms with Gasteiger partial charge in [0.05, 0.1) is 18.1 Å². The van der Waals surface area contributed by atoms with Crippen LogP contribution in [0.1, 0.15) is 12.8 Å². The summed E-state index contributed by atoms with van der Waals surface area (Å²) in [5, 5.41) is 20.6. The lowest BCUT2D eigenvalue weighted by atomic mass is 10.1. The first-order chi connectivity index (χ1) is 10.2. The number of rotatable bonds is 5. The Morgan fingerprint density at radius 3 is 2.73 bits per heavy atom. The van der Waals surface area contributed by atoms with Crippen molar-refractivity contribution in [3.63, 3.8) is 0 Å². The first kappa shape index (κ1) is 17.9. The molecule has 1 unspecified atom stereocenters. The Morgan fingerprint density at radius 2 is 2.18 bits per heavy atom. The number of thiol groups is 1. The number of hydroxylamine groups is 1. The maximum atomic E-state index is 12.0. The predicted octanol–water partition coefficient (Wildman–Crippen LogP) is -1.45. The number of nitrogens with one attached hydrogen (secondary N) is 2. The van der Waals surface area contributed by atoms with Crippen molar-refractivity contribution in [3.8, 4) is 0 Å². The van der Waals surface area contributed by atoms with Crippen LogP contribution >= 0.6 is 20.5 Å². The van der Waals surface area contributed by atoms with Crippen molar-refractivity contribution in [1.82, 2.24) is 15.7 Å². The lowest BCUT2D eigenvalue weighted by molar-refractivity contribution is -0.0731. The average Bonchev–Trinajstić information content (AvgIpc) is 2.75. The average molecular weight is 359 g/mol. The number of hydrogen-bond donors (Lipinski definition) is 7. The summed E-state index contributed by atoms with van der Waals surface area (Å²) in [6.45, 7) is -0.505. The monoisotopic (exact) mass is 359 g/mol. The van der Waals surface area contributed by atoms with Crippen molar-refractivity contribution in [2.75, 3.05) is 6.61 Å². The number of urea groups is 1. The highest BCUT2D eigenvalue weighted by molar-refractivity contribution is 7.80. The first-order valence-electron chi connectivity index (χ1n) is 6.41. The summed E-state index contributed by atoms with van der Waals surface area (Å²) in [4.78, 5) is 30.5. The molecule has 0 aromatic carbocycles. The molecule has 6 N–H and O–H groups in total. The Morgan fingerprint density at radius 1 is 1.50 bits per heavy atom. The van der Waals surface area contributed by atoms with Gasteiger partial charge in [-0.1, -0.05) is 0 Å². The molecule has 2 rings (SSSR count). The van der Waals surface area contributed by atoms with E-state index in [-0.39, 0.29) is 12.8 Å². The number of aliphatic hydroxyl groups excluding tert-OH is 1. The SMILES string of the molecule is O=C1NC(NO)C[C@H](S)N1[C@H]1C[C@H](O)[C@@H](COP(=O)(O)O)O1. The van der Waals surface area contributed by atoms with Crippen molar-refractivity contribution in [2.24, 2.45) is 0 Å². The van der Waals surface area contributed by atoms with Gasteiger partial charge in [-0.2, -0.15) is 18.1 Å². The molecule has 22 heavy (non-hydrogen) atoms. The molecule has 128 valence electrons. The highest BCUT2D eigenvalue weighted by atomic mass is 32.1. The number of nitrogens with zero attached hydrogens (tertiary/aromatic N) is 1. The molecule has 0 bridgehead atoms. The summed E-state index contributed by atoms with van der Waals surface area (Å²) in [7, 11) is -4.67. The molecule has 0 aromatic heterocycles. The third-order valence-corrected chi connectivity index (χ3v) is 4.32. The molecule has 0 radical (unpaired) electrons. The Kier molecular flexibility index (Phi) is 5.69. The molecule has 13 heteroatoms. The number of phosphoric ester groups is 1. The van der Waals surface area contributed by atoms with Crippen molar-refractivity contribution in [2.45, 2.75) is 42.8 Å². The number of phosphoric acid groups is 1. The van der Waals surface area contributed by atoms with E-state index in [1.165, 1.54) is 4.90 Å². The van der Waals surface area contributed by atoms with Crippen LogP contribution in [0, 0.1) is 0 Å². The zero-order valence-corrected chi connectivity index (χ0v) is 13.1. The molecule has 0 spiro atoms. The van der Waals surface area contributed by atoms with E-state index in [0.29, 0.717) is 0 Å². The van der Waals surface area contributed by atoms with Crippen molar-refractivity contribution < 1.29 is 38.7 Å². The molecule has 2 aliphatic rings. The van der Waals surface area contributed by atoms with Gasteiger partial charge in [0, 0.05) is 12.8 Å². The fraction of sp³-hybridized carbons (Fsp3) is 0.889. The summed E-state index contributed by atoms with van der Waals surface area (Å²) in [6, 6.07) is -0.549. The zero-order chi connectivity index (χ0) is 16.5. The molecule has 0 aliphatic carbocycles. The number of ether oxygens (including phenoxy) is 1. The van der Waals surface area contributed by atoms with Crippen LogP contribution in [0.4, 0.5) is 4.79 Å². The minimum atomic E-state index is -4.67. The van der Waals surface area contributed by atoms with Crippen LogP contribution in [0.25, 0.3) is 0 Å². The van der Waals surface area contributed by atoms with Crippen LogP contribution in [0.15, 0.2) is 0 Å². The molecule has 2 heterocycles. The van der Waals surface area contributed by atoms with E-state index in [4.69, 9.17) is 19.7 Å². The maximum absolute atomic E-state index is 12.0. The van der Waals surface area contributed by atoms with Gasteiger partial charge in [-0.25, -0.2) is 9.36 Å². The summed E-state index contributed by atoms with van der Waals surface area (Å²) in [5.74, 6) is 0. The number of carbonyl (C=O) groups is 1. The van der Waals surface area contributed by atoms with Gasteiger partial charge in [-0.3, -0.25) is 9.42 Å². The second-order valence-electron chi connectivity index (χ2n) is 4.97. The molecule has 0 aromatic rings. The molecule has 2 aliphatic heterocycles. The number of hydrogen-bond acceptors (Lipinski definition) is 8. The van der Waals surface area contributed by atoms with Crippen LogP contribution in [-0.2, 0) is 13.8 Å². The van der Waals surface area contributed by atoms with Gasteiger partial charge in [0.1, 0.15) is 18.5 Å². The molecular weight excluding hydrogens is 341 g/mol. The van der Waals surface area contributed by atoms with Gasteiger partial charge in [-0.15, -0.1) is 0 Å².